The fourth-order valence-corrected chi connectivity index (χ4v) is 0.766. The van der Waals surface area contributed by atoms with Crippen LogP contribution in [-0.2, 0) is 0 Å². The molecular weight excluding hydrogens is 163 g/mol. The maximum absolute atomic E-state index is 11.0. The molecule has 0 atom stereocenters. The van der Waals surface area contributed by atoms with Crippen LogP contribution in [-0.4, -0.2) is 40.4 Å². The van der Waals surface area contributed by atoms with E-state index < -0.39 is 0 Å². The van der Waals surface area contributed by atoms with Gasteiger partial charge < -0.3 is 5.11 Å². The first-order chi connectivity index (χ1) is 5.34. The maximum Gasteiger partial charge on any atom is 0.188 e. The molecule has 1 aromatic rings. The Morgan fingerprint density at radius 1 is 1.25 bits per heavy atom. The van der Waals surface area contributed by atoms with E-state index >= 15 is 0 Å². The summed E-state index contributed by atoms with van der Waals surface area (Å²) < 4.78 is 0. The van der Waals surface area contributed by atoms with E-state index in [1.807, 2.05) is 6.07 Å². The predicted octanol–water partition coefficient (Wildman–Crippen LogP) is 1.56. The second kappa shape index (κ2) is 6.00. The smallest absolute Gasteiger partial charge is 0.188 e. The Morgan fingerprint density at radius 3 is 2.33 bits per heavy atom. The van der Waals surface area contributed by atoms with Crippen molar-refractivity contribution in [2.75, 3.05) is 0 Å². The summed E-state index contributed by atoms with van der Waals surface area (Å²) in [5, 5.41) is 8.30. The quantitative estimate of drug-likeness (QED) is 0.317. The van der Waals surface area contributed by atoms with Gasteiger partial charge in [0.15, 0.2) is 5.78 Å². The number of rotatable bonds is 2. The van der Waals surface area contributed by atoms with E-state index in [0.717, 1.165) is 12.3 Å². The first kappa shape index (κ1) is 11.4. The van der Waals surface area contributed by atoms with Gasteiger partial charge >= 0.3 is 0 Å². The minimum absolute atomic E-state index is 0. The number of aliphatic hydroxyl groups excluding tert-OH is 1. The molecule has 1 rings (SSSR count). The topological polar surface area (TPSA) is 37.3 Å². The Morgan fingerprint density at radius 2 is 1.83 bits per heavy atom. The molecule has 1 radical (unpaired) electrons. The molecule has 3 heteroatoms. The summed E-state index contributed by atoms with van der Waals surface area (Å²) in [5.74, 6) is -0.187. The Kier molecular flexibility index (Phi) is 5.72. The van der Waals surface area contributed by atoms with Crippen molar-refractivity contribution in [3.8, 4) is 0 Å². The Balaban J connectivity index is 0.00000121. The summed E-state index contributed by atoms with van der Waals surface area (Å²) in [6.07, 6.45) is 1.87. The minimum Gasteiger partial charge on any atom is -0.515 e. The van der Waals surface area contributed by atoms with Crippen molar-refractivity contribution in [1.29, 1.82) is 0 Å². The molecule has 0 aromatic heterocycles. The average molecular weight is 171 g/mol. The Bertz CT molecular complexity index is 267. The van der Waals surface area contributed by atoms with E-state index in [1.165, 1.54) is 0 Å². The van der Waals surface area contributed by atoms with Crippen LogP contribution in [0.4, 0.5) is 0 Å². The number of carbonyl (C=O) groups is 1. The number of hydrogen-bond acceptors (Lipinski definition) is 2. The Labute approximate surface area is 93.2 Å². The van der Waals surface area contributed by atoms with E-state index in [0.29, 0.717) is 5.56 Å². The number of ketones is 1. The summed E-state index contributed by atoms with van der Waals surface area (Å²) in [5.41, 5.74) is 0.581. The van der Waals surface area contributed by atoms with Crippen LogP contribution in [0.5, 0.6) is 0 Å². The van der Waals surface area contributed by atoms with Crippen molar-refractivity contribution in [2.24, 2.45) is 0 Å². The van der Waals surface area contributed by atoms with E-state index in [-0.39, 0.29) is 35.3 Å². The molecule has 1 N–H and O–H groups in total. The zero-order valence-electron chi connectivity index (χ0n) is 6.90. The summed E-state index contributed by atoms with van der Waals surface area (Å²) in [6.45, 7) is 0. The minimum atomic E-state index is -0.187. The summed E-state index contributed by atoms with van der Waals surface area (Å²) in [4.78, 5) is 11.0. The molecule has 0 aliphatic heterocycles. The number of carbonyl (C=O) groups excluding carboxylic acids is 1. The molecule has 0 spiro atoms. The van der Waals surface area contributed by atoms with Crippen molar-refractivity contribution in [1.82, 2.24) is 0 Å². The van der Waals surface area contributed by atoms with Crippen molar-refractivity contribution in [3.05, 3.63) is 48.2 Å². The van der Waals surface area contributed by atoms with Gasteiger partial charge in [0.25, 0.3) is 0 Å². The van der Waals surface area contributed by atoms with Crippen molar-refractivity contribution >= 4 is 35.3 Å². The van der Waals surface area contributed by atoms with Gasteiger partial charge in [-0.3, -0.25) is 4.79 Å². The molecule has 0 bridgehead atoms. The Hall–Kier alpha value is -0.570. The third-order valence-corrected chi connectivity index (χ3v) is 1.28. The molecule has 0 aliphatic carbocycles. The molecule has 0 aliphatic rings. The molecule has 2 nitrogen and oxygen atoms in total. The maximum atomic E-state index is 11.0. The predicted molar refractivity (Wildman–Crippen MR) is 48.3 cm³/mol. The van der Waals surface area contributed by atoms with Gasteiger partial charge in [-0.1, -0.05) is 30.3 Å². The normalized spacial score (nSPS) is 9.33. The fourth-order valence-electron chi connectivity index (χ4n) is 0.766. The number of aliphatic hydroxyl groups is 1. The van der Waals surface area contributed by atoms with Crippen molar-refractivity contribution in [2.45, 2.75) is 0 Å². The standard InChI is InChI=1S/C9H8O2.Na/c10-7-6-9(11)8-4-2-1-3-5-8;/h1-7,10H;/b7-6+;. The SMILES string of the molecule is O=C(/C=C/O)c1ccccc1.[Na]. The van der Waals surface area contributed by atoms with E-state index in [4.69, 9.17) is 5.11 Å². The van der Waals surface area contributed by atoms with Crippen LogP contribution in [0.15, 0.2) is 42.7 Å². The van der Waals surface area contributed by atoms with E-state index in [1.54, 1.807) is 24.3 Å². The molecular formula is C9H8NaO2. The summed E-state index contributed by atoms with van der Waals surface area (Å²) in [7, 11) is 0. The first-order valence-electron chi connectivity index (χ1n) is 3.25. The van der Waals surface area contributed by atoms with Gasteiger partial charge in [-0.15, -0.1) is 0 Å². The van der Waals surface area contributed by atoms with Gasteiger partial charge in [-0.2, -0.15) is 0 Å². The second-order valence-electron chi connectivity index (χ2n) is 2.05. The van der Waals surface area contributed by atoms with Gasteiger partial charge in [0, 0.05) is 41.2 Å². The van der Waals surface area contributed by atoms with Crippen LogP contribution < -0.4 is 0 Å². The van der Waals surface area contributed by atoms with Crippen LogP contribution in [0.2, 0.25) is 0 Å². The summed E-state index contributed by atoms with van der Waals surface area (Å²) >= 11 is 0. The van der Waals surface area contributed by atoms with Gasteiger partial charge in [0.2, 0.25) is 0 Å². The molecule has 12 heavy (non-hydrogen) atoms. The van der Waals surface area contributed by atoms with Crippen LogP contribution in [0.3, 0.4) is 0 Å². The number of hydrogen-bond donors (Lipinski definition) is 1. The van der Waals surface area contributed by atoms with Gasteiger partial charge in [-0.25, -0.2) is 0 Å². The average Bonchev–Trinajstić information content (AvgIpc) is 2.07. The van der Waals surface area contributed by atoms with Crippen LogP contribution >= 0.6 is 0 Å². The zero-order valence-corrected chi connectivity index (χ0v) is 8.90. The molecule has 0 saturated carbocycles. The molecule has 1 aromatic carbocycles. The molecule has 0 saturated heterocycles. The van der Waals surface area contributed by atoms with Crippen LogP contribution in [0.1, 0.15) is 10.4 Å². The van der Waals surface area contributed by atoms with E-state index in [9.17, 15) is 4.79 Å². The fraction of sp³-hybridized carbons (Fsp3) is 0. The molecule has 0 heterocycles. The zero-order chi connectivity index (χ0) is 8.10. The monoisotopic (exact) mass is 171 g/mol. The second-order valence-corrected chi connectivity index (χ2v) is 2.05. The number of benzene rings is 1. The third-order valence-electron chi connectivity index (χ3n) is 1.28. The first-order valence-corrected chi connectivity index (χ1v) is 3.25. The van der Waals surface area contributed by atoms with Crippen LogP contribution in [0.25, 0.3) is 0 Å². The molecule has 0 fully saturated rings. The van der Waals surface area contributed by atoms with Gasteiger partial charge in [0.05, 0.1) is 6.26 Å². The largest absolute Gasteiger partial charge is 0.515 e. The van der Waals surface area contributed by atoms with Crippen molar-refractivity contribution in [3.63, 3.8) is 0 Å². The molecule has 0 amide bonds. The summed E-state index contributed by atoms with van der Waals surface area (Å²) in [6, 6.07) is 8.78. The van der Waals surface area contributed by atoms with E-state index in [2.05, 4.69) is 0 Å². The molecule has 0 unspecified atom stereocenters. The van der Waals surface area contributed by atoms with Gasteiger partial charge in [0.1, 0.15) is 0 Å². The van der Waals surface area contributed by atoms with Gasteiger partial charge in [-0.05, 0) is 0 Å². The third kappa shape index (κ3) is 3.22. The van der Waals surface area contributed by atoms with Crippen LogP contribution in [0, 0.1) is 0 Å². The molecule has 57 valence electrons. The van der Waals surface area contributed by atoms with Crippen molar-refractivity contribution < 1.29 is 9.90 Å². The number of allylic oxidation sites excluding steroid dienone is 1.